The molecular formula is C52H58N8O2Si2. The van der Waals surface area contributed by atoms with E-state index < -0.39 is 16.1 Å². The maximum Gasteiger partial charge on any atom is 0.123 e. The quantitative estimate of drug-likeness (QED) is 0.0831. The highest BCUT2D eigenvalue weighted by molar-refractivity contribution is 6.76. The van der Waals surface area contributed by atoms with Crippen molar-refractivity contribution >= 4 is 62.5 Å². The smallest absolute Gasteiger partial charge is 0.123 e. The Hall–Kier alpha value is -6.19. The zero-order chi connectivity index (χ0) is 44.6. The fourth-order valence-electron chi connectivity index (χ4n) is 8.01. The van der Waals surface area contributed by atoms with Crippen LogP contribution in [0.5, 0.6) is 0 Å². The first-order valence-electron chi connectivity index (χ1n) is 22.2. The van der Waals surface area contributed by atoms with Gasteiger partial charge < -0.3 is 28.6 Å². The molecule has 10 nitrogen and oxygen atoms in total. The second-order valence-electron chi connectivity index (χ2n) is 19.5. The Labute approximate surface area is 377 Å². The lowest BCUT2D eigenvalue weighted by atomic mass is 10.0. The van der Waals surface area contributed by atoms with E-state index >= 15 is 0 Å². The molecule has 2 aliphatic rings. The topological polar surface area (TPSA) is 111 Å². The maximum absolute atomic E-state index is 6.15. The third-order valence-electron chi connectivity index (χ3n) is 11.7. The van der Waals surface area contributed by atoms with E-state index in [0.717, 1.165) is 115 Å². The van der Waals surface area contributed by atoms with E-state index in [1.54, 1.807) is 0 Å². The number of hydrogen-bond acceptors (Lipinski definition) is 6. The van der Waals surface area contributed by atoms with Crippen molar-refractivity contribution in [3.8, 4) is 44.8 Å². The van der Waals surface area contributed by atoms with Crippen molar-refractivity contribution in [2.24, 2.45) is 0 Å². The van der Waals surface area contributed by atoms with Crippen LogP contribution in [0.25, 0.3) is 91.1 Å². The van der Waals surface area contributed by atoms with Gasteiger partial charge in [0.05, 0.1) is 69.0 Å². The Morgan fingerprint density at radius 2 is 0.812 bits per heavy atom. The van der Waals surface area contributed by atoms with Crippen LogP contribution in [0.4, 0.5) is 0 Å². The summed E-state index contributed by atoms with van der Waals surface area (Å²) < 4.78 is 16.3. The van der Waals surface area contributed by atoms with Crippen LogP contribution >= 0.6 is 0 Å². The van der Waals surface area contributed by atoms with Gasteiger partial charge in [0.1, 0.15) is 13.5 Å². The van der Waals surface area contributed by atoms with Crippen LogP contribution in [0.3, 0.4) is 0 Å². The third-order valence-corrected chi connectivity index (χ3v) is 15.1. The van der Waals surface area contributed by atoms with Gasteiger partial charge in [-0.1, -0.05) is 98.9 Å². The van der Waals surface area contributed by atoms with Crippen LogP contribution in [0.15, 0.2) is 97.8 Å². The van der Waals surface area contributed by atoms with Crippen LogP contribution < -0.4 is 0 Å². The van der Waals surface area contributed by atoms with E-state index in [4.69, 9.17) is 29.4 Å². The highest BCUT2D eigenvalue weighted by Crippen LogP contribution is 2.38. The van der Waals surface area contributed by atoms with E-state index in [1.807, 2.05) is 21.8 Å². The van der Waals surface area contributed by atoms with Crippen molar-refractivity contribution in [2.75, 3.05) is 13.2 Å². The highest BCUT2D eigenvalue weighted by Gasteiger charge is 2.21. The molecule has 0 saturated carbocycles. The molecule has 0 atom stereocenters. The normalized spacial score (nSPS) is 12.8. The molecule has 9 rings (SSSR count). The number of aromatic nitrogens is 8. The van der Waals surface area contributed by atoms with E-state index in [-0.39, 0.29) is 0 Å². The number of ether oxygens (including phenoxy) is 2. The third kappa shape index (κ3) is 9.65. The summed E-state index contributed by atoms with van der Waals surface area (Å²) in [4.78, 5) is 28.5. The number of rotatable bonds is 14. The molecule has 0 aliphatic carbocycles. The Kier molecular flexibility index (Phi) is 12.0. The van der Waals surface area contributed by atoms with Gasteiger partial charge in [-0.25, -0.2) is 19.9 Å². The Morgan fingerprint density at radius 3 is 1.17 bits per heavy atom. The number of hydrogen-bond donors (Lipinski definition) is 2. The van der Waals surface area contributed by atoms with Crippen LogP contribution in [0, 0.1) is 13.8 Å². The molecule has 2 N–H and O–H groups in total. The summed E-state index contributed by atoms with van der Waals surface area (Å²) in [6.45, 7) is 20.8. The lowest BCUT2D eigenvalue weighted by Gasteiger charge is -2.15. The van der Waals surface area contributed by atoms with Crippen LogP contribution in [0.2, 0.25) is 51.4 Å². The lowest BCUT2D eigenvalue weighted by molar-refractivity contribution is 0.0871. The van der Waals surface area contributed by atoms with Gasteiger partial charge in [0.15, 0.2) is 0 Å². The van der Waals surface area contributed by atoms with Gasteiger partial charge >= 0.3 is 0 Å². The first-order chi connectivity index (χ1) is 30.7. The van der Waals surface area contributed by atoms with Crippen LogP contribution in [-0.2, 0) is 22.9 Å². The number of aryl methyl sites for hydroxylation is 2. The molecule has 326 valence electrons. The summed E-state index contributed by atoms with van der Waals surface area (Å²) in [6, 6.07) is 28.1. The zero-order valence-electron chi connectivity index (χ0n) is 38.3. The molecule has 0 spiro atoms. The Morgan fingerprint density at radius 1 is 0.469 bits per heavy atom. The first-order valence-corrected chi connectivity index (χ1v) is 29.7. The molecule has 7 heterocycles. The molecule has 2 aromatic carbocycles. The molecule has 0 amide bonds. The number of nitrogens with zero attached hydrogens (tertiary/aromatic N) is 6. The number of nitrogens with one attached hydrogen (secondary N) is 2. The summed E-state index contributed by atoms with van der Waals surface area (Å²) >= 11 is 0. The predicted molar refractivity (Wildman–Crippen MR) is 270 cm³/mol. The number of aromatic amines is 2. The highest BCUT2D eigenvalue weighted by atomic mass is 28.3. The Balaban J connectivity index is 1.29. The number of H-pyrrole nitrogens is 2. The molecular weight excluding hydrogens is 825 g/mol. The number of benzene rings is 2. The molecule has 0 saturated heterocycles. The van der Waals surface area contributed by atoms with Gasteiger partial charge in [-0.3, -0.25) is 0 Å². The van der Waals surface area contributed by atoms with Crippen molar-refractivity contribution in [3.05, 3.63) is 132 Å². The molecule has 0 unspecified atom stereocenters. The first kappa shape index (κ1) is 43.1. The lowest BCUT2D eigenvalue weighted by Crippen LogP contribution is -2.21. The minimum absolute atomic E-state index is 0.434. The second-order valence-corrected chi connectivity index (χ2v) is 30.7. The zero-order valence-corrected chi connectivity index (χ0v) is 40.3. The summed E-state index contributed by atoms with van der Waals surface area (Å²) in [7, 11) is -2.44. The molecule has 2 aliphatic heterocycles. The van der Waals surface area contributed by atoms with Crippen molar-refractivity contribution in [1.82, 2.24) is 39.0 Å². The van der Waals surface area contributed by atoms with Gasteiger partial charge in [0.25, 0.3) is 0 Å². The molecule has 8 bridgehead atoms. The molecule has 0 fully saturated rings. The summed E-state index contributed by atoms with van der Waals surface area (Å²) in [5.74, 6) is 0. The van der Waals surface area contributed by atoms with Crippen molar-refractivity contribution < 1.29 is 9.47 Å². The molecule has 7 aromatic rings. The van der Waals surface area contributed by atoms with Crippen molar-refractivity contribution in [2.45, 2.75) is 78.7 Å². The largest absolute Gasteiger partial charge is 0.361 e. The number of imidazole rings is 2. The van der Waals surface area contributed by atoms with Gasteiger partial charge in [0, 0.05) is 63.9 Å². The van der Waals surface area contributed by atoms with Crippen LogP contribution in [0.1, 0.15) is 33.9 Å². The van der Waals surface area contributed by atoms with E-state index in [9.17, 15) is 0 Å². The van der Waals surface area contributed by atoms with Crippen molar-refractivity contribution in [1.29, 1.82) is 0 Å². The van der Waals surface area contributed by atoms with E-state index in [0.29, 0.717) is 13.5 Å². The minimum atomic E-state index is -1.22. The fourth-order valence-corrected chi connectivity index (χ4v) is 9.52. The second kappa shape index (κ2) is 17.8. The van der Waals surface area contributed by atoms with Gasteiger partial charge in [0.2, 0.25) is 0 Å². The standard InChI is InChI=1S/C52H58N8O2Si2/c1-35-9-13-37(14-10-35)49-39-17-21-43(55-39)51(47-29-59(31-53-47)33-61-25-27-63(3,4)5)45-23-19-41(57-45)50(38-15-11-36(2)12-16-38)42-20-24-46(58-42)52(44-22-18-40(49)56-44)48-30-60(32-54-48)34-62-26-28-64(6,7)8/h9-24,29-32,55,58H,25-28,33-34H2,1-8H3. The van der Waals surface area contributed by atoms with Gasteiger partial charge in [-0.15, -0.1) is 0 Å². The monoisotopic (exact) mass is 882 g/mol. The van der Waals surface area contributed by atoms with Crippen molar-refractivity contribution in [3.63, 3.8) is 0 Å². The van der Waals surface area contributed by atoms with E-state index in [2.05, 4.69) is 173 Å². The number of fused-ring (bicyclic) bond motifs is 8. The SMILES string of the molecule is Cc1ccc(-c2c3nc(c(-c4cn(COCC[Si](C)(C)C)cn4)c4ccc([nH]4)c(-c4ccc(C)cc4)c4nc(c(-c5cn(COCC[Si](C)(C)C)cn5)c5ccc2[nH]5)C=C4)C=C3)cc1. The Bertz CT molecular complexity index is 2840. The van der Waals surface area contributed by atoms with Crippen LogP contribution in [-0.4, -0.2) is 68.4 Å². The molecule has 5 aromatic heterocycles. The maximum atomic E-state index is 6.15. The average Bonchev–Trinajstić information content (AvgIpc) is 4.11. The van der Waals surface area contributed by atoms with E-state index in [1.165, 1.54) is 11.1 Å². The predicted octanol–water partition coefficient (Wildman–Crippen LogP) is 13.0. The summed E-state index contributed by atoms with van der Waals surface area (Å²) in [5, 5.41) is 0. The molecule has 64 heavy (non-hydrogen) atoms. The molecule has 12 heteroatoms. The minimum Gasteiger partial charge on any atom is -0.361 e. The summed E-state index contributed by atoms with van der Waals surface area (Å²) in [5.41, 5.74) is 16.9. The van der Waals surface area contributed by atoms with Gasteiger partial charge in [-0.05, 0) is 85.6 Å². The summed E-state index contributed by atoms with van der Waals surface area (Å²) in [6.07, 6.45) is 16.3. The average molecular weight is 883 g/mol. The van der Waals surface area contributed by atoms with Gasteiger partial charge in [-0.2, -0.15) is 0 Å². The fraction of sp³-hybridized carbons (Fsp3) is 0.269. The molecule has 0 radical (unpaired) electrons.